The molecule has 2 aliphatic rings. The predicted molar refractivity (Wildman–Crippen MR) is 80.7 cm³/mol. The van der Waals surface area contributed by atoms with Crippen LogP contribution in [0.3, 0.4) is 0 Å². The average molecular weight is 282 g/mol. The van der Waals surface area contributed by atoms with E-state index in [0.717, 1.165) is 24.9 Å². The summed E-state index contributed by atoms with van der Waals surface area (Å²) in [7, 11) is 2.30. The molecule has 2 bridgehead atoms. The Morgan fingerprint density at radius 3 is 2.75 bits per heavy atom. The van der Waals surface area contributed by atoms with Gasteiger partial charge < -0.3 is 9.64 Å². The predicted octanol–water partition coefficient (Wildman–Crippen LogP) is 2.28. The van der Waals surface area contributed by atoms with Crippen molar-refractivity contribution in [2.24, 2.45) is 0 Å². The lowest BCUT2D eigenvalue weighted by molar-refractivity contribution is -0.143. The van der Waals surface area contributed by atoms with Crippen LogP contribution in [0.5, 0.6) is 0 Å². The van der Waals surface area contributed by atoms with Gasteiger partial charge in [-0.1, -0.05) is 6.42 Å². The van der Waals surface area contributed by atoms with Crippen molar-refractivity contribution in [3.63, 3.8) is 0 Å². The van der Waals surface area contributed by atoms with Crippen molar-refractivity contribution < 1.29 is 9.53 Å². The van der Waals surface area contributed by atoms with Crippen LogP contribution in [0.4, 0.5) is 0 Å². The molecule has 4 nitrogen and oxygen atoms in total. The van der Waals surface area contributed by atoms with Crippen LogP contribution < -0.4 is 0 Å². The topological polar surface area (TPSA) is 32.8 Å². The molecule has 0 radical (unpaired) electrons. The summed E-state index contributed by atoms with van der Waals surface area (Å²) in [5, 5.41) is 0. The fourth-order valence-corrected chi connectivity index (χ4v) is 3.60. The molecule has 2 fully saturated rings. The van der Waals surface area contributed by atoms with E-state index in [2.05, 4.69) is 16.8 Å². The zero-order valence-electron chi connectivity index (χ0n) is 13.1. The van der Waals surface area contributed by atoms with Crippen molar-refractivity contribution in [1.29, 1.82) is 0 Å². The first-order valence-electron chi connectivity index (χ1n) is 8.30. The molecule has 2 atom stereocenters. The first kappa shape index (κ1) is 15.8. The number of fused-ring (bicyclic) bond motifs is 2. The van der Waals surface area contributed by atoms with Crippen LogP contribution in [0.2, 0.25) is 0 Å². The zero-order valence-corrected chi connectivity index (χ0v) is 13.1. The molecular formula is C16H30N2O2. The molecule has 0 aliphatic carbocycles. The van der Waals surface area contributed by atoms with Gasteiger partial charge in [-0.15, -0.1) is 0 Å². The SMILES string of the molecule is CCOC(=O)CCCCCN1CCC2CCC(C1)N2C. The van der Waals surface area contributed by atoms with Crippen molar-refractivity contribution >= 4 is 5.97 Å². The number of likely N-dealkylation sites (tertiary alicyclic amines) is 1. The maximum absolute atomic E-state index is 11.2. The molecule has 0 N–H and O–H groups in total. The van der Waals surface area contributed by atoms with Crippen molar-refractivity contribution in [3.8, 4) is 0 Å². The smallest absolute Gasteiger partial charge is 0.305 e. The van der Waals surface area contributed by atoms with Crippen LogP contribution >= 0.6 is 0 Å². The molecule has 2 aliphatic heterocycles. The number of rotatable bonds is 7. The summed E-state index contributed by atoms with van der Waals surface area (Å²) in [5.41, 5.74) is 0. The highest BCUT2D eigenvalue weighted by atomic mass is 16.5. The molecule has 20 heavy (non-hydrogen) atoms. The average Bonchev–Trinajstić information content (AvgIpc) is 2.66. The number of hydrogen-bond acceptors (Lipinski definition) is 4. The van der Waals surface area contributed by atoms with E-state index < -0.39 is 0 Å². The van der Waals surface area contributed by atoms with E-state index >= 15 is 0 Å². The van der Waals surface area contributed by atoms with E-state index in [9.17, 15) is 4.79 Å². The fourth-order valence-electron chi connectivity index (χ4n) is 3.60. The van der Waals surface area contributed by atoms with Crippen molar-refractivity contribution in [3.05, 3.63) is 0 Å². The minimum absolute atomic E-state index is 0.0405. The number of likely N-dealkylation sites (N-methyl/N-ethyl adjacent to an activating group) is 1. The molecule has 2 saturated heterocycles. The Morgan fingerprint density at radius 2 is 1.95 bits per heavy atom. The Morgan fingerprint density at radius 1 is 1.15 bits per heavy atom. The zero-order chi connectivity index (χ0) is 14.4. The molecular weight excluding hydrogens is 252 g/mol. The van der Waals surface area contributed by atoms with Gasteiger partial charge in [0.25, 0.3) is 0 Å². The van der Waals surface area contributed by atoms with Crippen molar-refractivity contribution in [1.82, 2.24) is 9.80 Å². The Kier molecular flexibility index (Phi) is 6.30. The van der Waals surface area contributed by atoms with Gasteiger partial charge in [0.1, 0.15) is 0 Å². The molecule has 0 saturated carbocycles. The van der Waals surface area contributed by atoms with Crippen LogP contribution in [0.15, 0.2) is 0 Å². The lowest BCUT2D eigenvalue weighted by Crippen LogP contribution is -2.37. The van der Waals surface area contributed by atoms with Crippen LogP contribution in [0, 0.1) is 0 Å². The number of unbranched alkanes of at least 4 members (excludes halogenated alkanes) is 2. The monoisotopic (exact) mass is 282 g/mol. The Hall–Kier alpha value is -0.610. The summed E-state index contributed by atoms with van der Waals surface area (Å²) >= 11 is 0. The van der Waals surface area contributed by atoms with E-state index in [1.54, 1.807) is 0 Å². The maximum Gasteiger partial charge on any atom is 0.305 e. The second kappa shape index (κ2) is 7.99. The van der Waals surface area contributed by atoms with Gasteiger partial charge >= 0.3 is 5.97 Å². The van der Waals surface area contributed by atoms with Gasteiger partial charge in [-0.05, 0) is 59.2 Å². The first-order valence-corrected chi connectivity index (χ1v) is 8.30. The van der Waals surface area contributed by atoms with Gasteiger partial charge in [0.2, 0.25) is 0 Å². The first-order chi connectivity index (χ1) is 9.70. The molecule has 2 unspecified atom stereocenters. The summed E-state index contributed by atoms with van der Waals surface area (Å²) in [4.78, 5) is 16.5. The molecule has 4 heteroatoms. The summed E-state index contributed by atoms with van der Waals surface area (Å²) in [6, 6.07) is 1.61. The molecule has 116 valence electrons. The number of hydrogen-bond donors (Lipinski definition) is 0. The van der Waals surface area contributed by atoms with E-state index in [-0.39, 0.29) is 5.97 Å². The van der Waals surface area contributed by atoms with Crippen molar-refractivity contribution in [2.45, 2.75) is 64.0 Å². The number of ether oxygens (including phenoxy) is 1. The van der Waals surface area contributed by atoms with Gasteiger partial charge in [0.05, 0.1) is 6.61 Å². The van der Waals surface area contributed by atoms with E-state index in [0.29, 0.717) is 13.0 Å². The normalized spacial score (nSPS) is 27.5. The van der Waals surface area contributed by atoms with Gasteiger partial charge in [0, 0.05) is 25.0 Å². The maximum atomic E-state index is 11.2. The summed E-state index contributed by atoms with van der Waals surface area (Å²) in [6.07, 6.45) is 8.00. The third-order valence-electron chi connectivity index (χ3n) is 4.89. The van der Waals surface area contributed by atoms with Gasteiger partial charge in [-0.2, -0.15) is 0 Å². The van der Waals surface area contributed by atoms with Gasteiger partial charge in [-0.25, -0.2) is 0 Å². The third-order valence-corrected chi connectivity index (χ3v) is 4.89. The Labute approximate surface area is 123 Å². The molecule has 0 amide bonds. The summed E-state index contributed by atoms with van der Waals surface area (Å²) in [5.74, 6) is -0.0405. The van der Waals surface area contributed by atoms with Crippen LogP contribution in [-0.2, 0) is 9.53 Å². The lowest BCUT2D eigenvalue weighted by atomic mass is 10.1. The minimum atomic E-state index is -0.0405. The lowest BCUT2D eigenvalue weighted by Gasteiger charge is -2.25. The minimum Gasteiger partial charge on any atom is -0.466 e. The molecule has 2 heterocycles. The summed E-state index contributed by atoms with van der Waals surface area (Å²) in [6.45, 7) is 6.05. The standard InChI is InChI=1S/C16H30N2O2/c1-3-20-16(19)7-5-4-6-11-18-12-10-14-8-9-15(13-18)17(14)2/h14-15H,3-13H2,1-2H3. The highest BCUT2D eigenvalue weighted by molar-refractivity contribution is 5.69. The summed E-state index contributed by atoms with van der Waals surface area (Å²) < 4.78 is 4.95. The highest BCUT2D eigenvalue weighted by Gasteiger charge is 2.34. The Balaban J connectivity index is 1.57. The van der Waals surface area contributed by atoms with E-state index in [1.807, 2.05) is 6.92 Å². The highest BCUT2D eigenvalue weighted by Crippen LogP contribution is 2.28. The quantitative estimate of drug-likeness (QED) is 0.530. The second-order valence-corrected chi connectivity index (χ2v) is 6.26. The molecule has 0 aromatic rings. The largest absolute Gasteiger partial charge is 0.466 e. The number of carbonyl (C=O) groups is 1. The van der Waals surface area contributed by atoms with Crippen LogP contribution in [-0.4, -0.2) is 61.1 Å². The second-order valence-electron chi connectivity index (χ2n) is 6.26. The molecule has 0 spiro atoms. The van der Waals surface area contributed by atoms with E-state index in [1.165, 1.54) is 45.3 Å². The fraction of sp³-hybridized carbons (Fsp3) is 0.938. The molecule has 2 rings (SSSR count). The van der Waals surface area contributed by atoms with E-state index in [4.69, 9.17) is 4.74 Å². The van der Waals surface area contributed by atoms with Crippen LogP contribution in [0.25, 0.3) is 0 Å². The van der Waals surface area contributed by atoms with Crippen LogP contribution in [0.1, 0.15) is 51.9 Å². The number of carbonyl (C=O) groups excluding carboxylic acids is 1. The Bertz CT molecular complexity index is 309. The van der Waals surface area contributed by atoms with Gasteiger partial charge in [-0.3, -0.25) is 9.69 Å². The number of esters is 1. The molecule has 0 aromatic heterocycles. The number of nitrogens with zero attached hydrogens (tertiary/aromatic N) is 2. The third kappa shape index (κ3) is 4.45. The van der Waals surface area contributed by atoms with Crippen molar-refractivity contribution in [2.75, 3.05) is 33.3 Å². The van der Waals surface area contributed by atoms with Gasteiger partial charge in [0.15, 0.2) is 0 Å². The molecule has 0 aromatic carbocycles.